The van der Waals surface area contributed by atoms with Gasteiger partial charge in [0.25, 0.3) is 5.91 Å². The summed E-state index contributed by atoms with van der Waals surface area (Å²) in [7, 11) is 1.29. The maximum absolute atomic E-state index is 13.5. The molecule has 48 heavy (non-hydrogen) atoms. The minimum Gasteiger partial charge on any atom is -0.453 e. The monoisotopic (exact) mass is 649 g/mol. The van der Waals surface area contributed by atoms with E-state index in [-0.39, 0.29) is 23.8 Å². The average Bonchev–Trinajstić information content (AvgIpc) is 3.82. The number of carbonyl (C=O) groups excluding carboxylic acids is 3. The van der Waals surface area contributed by atoms with Crippen LogP contribution < -0.4 is 20.9 Å². The van der Waals surface area contributed by atoms with Gasteiger partial charge in [-0.25, -0.2) is 9.78 Å². The maximum atomic E-state index is 13.5. The normalized spacial score (nSPS) is 16.9. The standard InChI is InChI=1S/C37H43N7O4/c1-24(2)33(42-37(47)48-3)36(46)44-20-4-5-32(44)34-39-23-31(41-34)27-8-6-25(7-9-27)26-10-14-29(15-11-26)40-35(45)28-12-16-30(17-13-28)43-21-18-38-19-22-43/h6-17,23-24,32-33,38H,4-5,18-22H2,1-3H3,(H,39,41)(H,40,45)(H,42,47). The number of aromatic nitrogens is 2. The van der Waals surface area contributed by atoms with Gasteiger partial charge in [0.1, 0.15) is 11.9 Å². The summed E-state index contributed by atoms with van der Waals surface area (Å²) in [6.45, 7) is 8.28. The van der Waals surface area contributed by atoms with E-state index >= 15 is 0 Å². The Morgan fingerprint density at radius 2 is 1.52 bits per heavy atom. The number of likely N-dealkylation sites (tertiary alicyclic amines) is 1. The lowest BCUT2D eigenvalue weighted by atomic mass is 10.0. The van der Waals surface area contributed by atoms with Crippen LogP contribution in [0.5, 0.6) is 0 Å². The van der Waals surface area contributed by atoms with Gasteiger partial charge >= 0.3 is 6.09 Å². The number of nitrogens with one attached hydrogen (secondary N) is 4. The molecule has 6 rings (SSSR count). The SMILES string of the molecule is COC(=O)NC(C(=O)N1CCCC1c1ncc(-c2ccc(-c3ccc(NC(=O)c4ccc(N5CCNCC5)cc4)cc3)cc2)[nH]1)C(C)C. The second-order valence-electron chi connectivity index (χ2n) is 12.6. The van der Waals surface area contributed by atoms with Crippen LogP contribution in [0.4, 0.5) is 16.2 Å². The Morgan fingerprint density at radius 1 is 0.875 bits per heavy atom. The summed E-state index contributed by atoms with van der Waals surface area (Å²) in [5.74, 6) is 0.365. The number of benzene rings is 3. The molecule has 2 aliphatic heterocycles. The number of rotatable bonds is 9. The second-order valence-corrected chi connectivity index (χ2v) is 12.6. The number of H-pyrrole nitrogens is 1. The molecule has 0 aliphatic carbocycles. The molecule has 3 aromatic carbocycles. The largest absolute Gasteiger partial charge is 0.453 e. The van der Waals surface area contributed by atoms with Crippen LogP contribution in [0.15, 0.2) is 79.0 Å². The summed E-state index contributed by atoms with van der Waals surface area (Å²) in [5, 5.41) is 9.05. The third-order valence-electron chi connectivity index (χ3n) is 9.12. The molecule has 11 heteroatoms. The molecule has 11 nitrogen and oxygen atoms in total. The van der Waals surface area contributed by atoms with Crippen molar-refractivity contribution in [1.82, 2.24) is 25.5 Å². The average molecular weight is 650 g/mol. The predicted octanol–water partition coefficient (Wildman–Crippen LogP) is 5.45. The first-order chi connectivity index (χ1) is 23.3. The molecule has 2 saturated heterocycles. The number of nitrogens with zero attached hydrogens (tertiary/aromatic N) is 3. The number of hydrogen-bond acceptors (Lipinski definition) is 7. The van der Waals surface area contributed by atoms with E-state index in [0.717, 1.165) is 78.6 Å². The van der Waals surface area contributed by atoms with Gasteiger partial charge in [0.05, 0.1) is 25.0 Å². The summed E-state index contributed by atoms with van der Waals surface area (Å²) in [4.78, 5) is 50.4. The number of imidazole rings is 1. The molecule has 2 unspecified atom stereocenters. The van der Waals surface area contributed by atoms with Crippen LogP contribution in [-0.4, -0.2) is 78.7 Å². The molecule has 0 radical (unpaired) electrons. The zero-order valence-electron chi connectivity index (χ0n) is 27.7. The van der Waals surface area contributed by atoms with Crippen molar-refractivity contribution in [1.29, 1.82) is 0 Å². The quantitative estimate of drug-likeness (QED) is 0.190. The van der Waals surface area contributed by atoms with Crippen LogP contribution in [0, 0.1) is 5.92 Å². The second kappa shape index (κ2) is 14.7. The zero-order valence-corrected chi connectivity index (χ0v) is 27.7. The summed E-state index contributed by atoms with van der Waals surface area (Å²) in [5.41, 5.74) is 6.41. The van der Waals surface area contributed by atoms with E-state index in [1.54, 1.807) is 6.20 Å². The molecule has 1 aromatic heterocycles. The molecular weight excluding hydrogens is 606 g/mol. The number of methoxy groups -OCH3 is 1. The number of amides is 3. The van der Waals surface area contributed by atoms with E-state index in [1.165, 1.54) is 7.11 Å². The molecule has 2 atom stereocenters. The van der Waals surface area contributed by atoms with E-state index in [9.17, 15) is 14.4 Å². The fourth-order valence-electron chi connectivity index (χ4n) is 6.38. The number of ether oxygens (including phenoxy) is 1. The first-order valence-electron chi connectivity index (χ1n) is 16.6. The van der Waals surface area contributed by atoms with Gasteiger partial charge < -0.3 is 35.5 Å². The van der Waals surface area contributed by atoms with Gasteiger partial charge in [-0.3, -0.25) is 9.59 Å². The van der Waals surface area contributed by atoms with Gasteiger partial charge in [-0.15, -0.1) is 0 Å². The van der Waals surface area contributed by atoms with Gasteiger partial charge in [0.2, 0.25) is 5.91 Å². The summed E-state index contributed by atoms with van der Waals surface area (Å²) in [6, 6.07) is 22.9. The molecule has 2 fully saturated rings. The van der Waals surface area contributed by atoms with Crippen LogP contribution in [-0.2, 0) is 9.53 Å². The number of aromatic amines is 1. The molecule has 0 spiro atoms. The lowest BCUT2D eigenvalue weighted by Crippen LogP contribution is -2.51. The first kappa shape index (κ1) is 32.8. The van der Waals surface area contributed by atoms with E-state index in [1.807, 2.05) is 79.4 Å². The van der Waals surface area contributed by atoms with Gasteiger partial charge in [0.15, 0.2) is 0 Å². The number of piperazine rings is 1. The minimum atomic E-state index is -0.676. The smallest absolute Gasteiger partial charge is 0.407 e. The van der Waals surface area contributed by atoms with Crippen molar-refractivity contribution < 1.29 is 19.1 Å². The summed E-state index contributed by atoms with van der Waals surface area (Å²) in [6.07, 6.45) is 2.83. The van der Waals surface area contributed by atoms with Crippen molar-refractivity contribution in [3.8, 4) is 22.4 Å². The molecule has 250 valence electrons. The fourth-order valence-corrected chi connectivity index (χ4v) is 6.38. The van der Waals surface area contributed by atoms with E-state index in [0.29, 0.717) is 12.1 Å². The molecule has 0 bridgehead atoms. The number of alkyl carbamates (subject to hydrolysis) is 1. The van der Waals surface area contributed by atoms with Gasteiger partial charge in [-0.2, -0.15) is 0 Å². The Bertz CT molecular complexity index is 1710. The Hall–Kier alpha value is -5.16. The first-order valence-corrected chi connectivity index (χ1v) is 16.6. The highest BCUT2D eigenvalue weighted by Crippen LogP contribution is 2.33. The van der Waals surface area contributed by atoms with Crippen molar-refractivity contribution in [2.45, 2.75) is 38.8 Å². The highest BCUT2D eigenvalue weighted by Gasteiger charge is 2.37. The molecule has 3 amide bonds. The molecule has 4 N–H and O–H groups in total. The van der Waals surface area contributed by atoms with Gasteiger partial charge in [-0.1, -0.05) is 50.2 Å². The van der Waals surface area contributed by atoms with E-state index < -0.39 is 12.1 Å². The van der Waals surface area contributed by atoms with Gasteiger partial charge in [-0.05, 0) is 71.8 Å². The van der Waals surface area contributed by atoms with Gasteiger partial charge in [0, 0.05) is 49.7 Å². The van der Waals surface area contributed by atoms with Crippen molar-refractivity contribution >= 4 is 29.3 Å². The Labute approximate surface area is 281 Å². The molecular formula is C37H43N7O4. The molecule has 4 aromatic rings. The van der Waals surface area contributed by atoms with E-state index in [4.69, 9.17) is 4.74 Å². The van der Waals surface area contributed by atoms with Crippen molar-refractivity contribution in [3.05, 3.63) is 90.4 Å². The fraction of sp³-hybridized carbons (Fsp3) is 0.351. The summed E-state index contributed by atoms with van der Waals surface area (Å²) < 4.78 is 4.74. The topological polar surface area (TPSA) is 132 Å². The molecule has 2 aliphatic rings. The van der Waals surface area contributed by atoms with E-state index in [2.05, 4.69) is 43.0 Å². The van der Waals surface area contributed by atoms with Crippen LogP contribution in [0.1, 0.15) is 48.9 Å². The highest BCUT2D eigenvalue weighted by molar-refractivity contribution is 6.04. The highest BCUT2D eigenvalue weighted by atomic mass is 16.5. The third-order valence-corrected chi connectivity index (χ3v) is 9.12. The van der Waals surface area contributed by atoms with Crippen molar-refractivity contribution in [3.63, 3.8) is 0 Å². The van der Waals surface area contributed by atoms with Crippen LogP contribution in [0.3, 0.4) is 0 Å². The van der Waals surface area contributed by atoms with Crippen LogP contribution >= 0.6 is 0 Å². The Kier molecular flexibility index (Phi) is 10.1. The number of carbonyl (C=O) groups is 3. The lowest BCUT2D eigenvalue weighted by molar-refractivity contribution is -0.135. The number of anilines is 2. The lowest BCUT2D eigenvalue weighted by Gasteiger charge is -2.30. The minimum absolute atomic E-state index is 0.0934. The number of hydrogen-bond donors (Lipinski definition) is 4. The molecule has 0 saturated carbocycles. The predicted molar refractivity (Wildman–Crippen MR) is 187 cm³/mol. The zero-order chi connectivity index (χ0) is 33.6. The van der Waals surface area contributed by atoms with Crippen molar-refractivity contribution in [2.24, 2.45) is 5.92 Å². The Balaban J connectivity index is 1.07. The maximum Gasteiger partial charge on any atom is 0.407 e. The third kappa shape index (κ3) is 7.36. The summed E-state index contributed by atoms with van der Waals surface area (Å²) >= 11 is 0. The Morgan fingerprint density at radius 3 is 2.17 bits per heavy atom. The van der Waals surface area contributed by atoms with Crippen molar-refractivity contribution in [2.75, 3.05) is 50.1 Å². The van der Waals surface area contributed by atoms with Crippen LogP contribution in [0.2, 0.25) is 0 Å². The van der Waals surface area contributed by atoms with Crippen LogP contribution in [0.25, 0.3) is 22.4 Å². The molecule has 3 heterocycles.